The Hall–Kier alpha value is -1.37. The molecule has 1 N–H and O–H groups in total. The van der Waals surface area contributed by atoms with E-state index in [1.54, 1.807) is 0 Å². The van der Waals surface area contributed by atoms with Gasteiger partial charge in [-0.3, -0.25) is 0 Å². The molecule has 0 radical (unpaired) electrons. The molecule has 0 amide bonds. The summed E-state index contributed by atoms with van der Waals surface area (Å²) in [6.07, 6.45) is 5.32. The summed E-state index contributed by atoms with van der Waals surface area (Å²) in [4.78, 5) is 2.56. The molecule has 1 aromatic carbocycles. The van der Waals surface area contributed by atoms with Crippen molar-refractivity contribution in [3.05, 3.63) is 35.4 Å². The number of hydrogen-bond acceptors (Lipinski definition) is 3. The van der Waals surface area contributed by atoms with E-state index in [2.05, 4.69) is 16.3 Å². The fourth-order valence-electron chi connectivity index (χ4n) is 2.62. The quantitative estimate of drug-likeness (QED) is 0.796. The van der Waals surface area contributed by atoms with Crippen molar-refractivity contribution in [2.45, 2.75) is 32.2 Å². The molecule has 1 heterocycles. The standard InChI is InChI=1S/C16H23N3/c17-13-15-7-2-3-8-16(15)14-18-9-6-12-19-10-4-1-5-11-19/h2-3,7-8,18H,1,4-6,9-12,14H2. The Morgan fingerprint density at radius 1 is 1.16 bits per heavy atom. The largest absolute Gasteiger partial charge is 0.313 e. The molecular weight excluding hydrogens is 234 g/mol. The molecule has 3 heteroatoms. The van der Waals surface area contributed by atoms with E-state index in [0.29, 0.717) is 0 Å². The summed E-state index contributed by atoms with van der Waals surface area (Å²) < 4.78 is 0. The number of nitrogens with zero attached hydrogens (tertiary/aromatic N) is 2. The van der Waals surface area contributed by atoms with Crippen molar-refractivity contribution in [3.8, 4) is 6.07 Å². The summed E-state index contributed by atoms with van der Waals surface area (Å²) >= 11 is 0. The summed E-state index contributed by atoms with van der Waals surface area (Å²) in [6, 6.07) is 10.1. The predicted molar refractivity (Wildman–Crippen MR) is 77.8 cm³/mol. The molecule has 1 fully saturated rings. The van der Waals surface area contributed by atoms with Crippen molar-refractivity contribution in [2.24, 2.45) is 0 Å². The summed E-state index contributed by atoms with van der Waals surface area (Å²) in [6.45, 7) is 5.57. The number of hydrogen-bond donors (Lipinski definition) is 1. The first-order valence-electron chi connectivity index (χ1n) is 7.31. The molecule has 2 rings (SSSR count). The van der Waals surface area contributed by atoms with Crippen molar-refractivity contribution in [1.82, 2.24) is 10.2 Å². The first kappa shape index (κ1) is 14.0. The summed E-state index contributed by atoms with van der Waals surface area (Å²) in [5.41, 5.74) is 1.88. The second kappa shape index (κ2) is 7.93. The van der Waals surface area contributed by atoms with Gasteiger partial charge in [0.25, 0.3) is 0 Å². The van der Waals surface area contributed by atoms with Gasteiger partial charge in [0.15, 0.2) is 0 Å². The molecule has 1 aliphatic rings. The van der Waals surface area contributed by atoms with Crippen LogP contribution in [-0.4, -0.2) is 31.1 Å². The summed E-state index contributed by atoms with van der Waals surface area (Å²) in [5, 5.41) is 12.4. The van der Waals surface area contributed by atoms with Crippen LogP contribution in [0.3, 0.4) is 0 Å². The van der Waals surface area contributed by atoms with Gasteiger partial charge < -0.3 is 10.2 Å². The zero-order chi connectivity index (χ0) is 13.3. The Morgan fingerprint density at radius 2 is 1.95 bits per heavy atom. The van der Waals surface area contributed by atoms with Crippen LogP contribution in [0, 0.1) is 11.3 Å². The van der Waals surface area contributed by atoms with Gasteiger partial charge in [-0.15, -0.1) is 0 Å². The number of likely N-dealkylation sites (tertiary alicyclic amines) is 1. The average molecular weight is 257 g/mol. The third-order valence-electron chi connectivity index (χ3n) is 3.73. The summed E-state index contributed by atoms with van der Waals surface area (Å²) in [7, 11) is 0. The lowest BCUT2D eigenvalue weighted by atomic mass is 10.1. The molecule has 0 aliphatic carbocycles. The third kappa shape index (κ3) is 4.66. The smallest absolute Gasteiger partial charge is 0.0995 e. The maximum absolute atomic E-state index is 9.01. The van der Waals surface area contributed by atoms with E-state index in [0.717, 1.165) is 24.2 Å². The van der Waals surface area contributed by atoms with E-state index in [1.165, 1.54) is 45.3 Å². The van der Waals surface area contributed by atoms with Crippen molar-refractivity contribution < 1.29 is 0 Å². The normalized spacial score (nSPS) is 16.2. The van der Waals surface area contributed by atoms with E-state index in [4.69, 9.17) is 5.26 Å². The van der Waals surface area contributed by atoms with Gasteiger partial charge in [-0.05, 0) is 57.1 Å². The van der Waals surface area contributed by atoms with Gasteiger partial charge in [-0.1, -0.05) is 24.6 Å². The summed E-state index contributed by atoms with van der Waals surface area (Å²) in [5.74, 6) is 0. The molecule has 0 aromatic heterocycles. The molecule has 0 unspecified atom stereocenters. The van der Waals surface area contributed by atoms with Crippen LogP contribution in [-0.2, 0) is 6.54 Å². The van der Waals surface area contributed by atoms with Crippen LogP contribution in [0.5, 0.6) is 0 Å². The van der Waals surface area contributed by atoms with Crippen LogP contribution in [0.2, 0.25) is 0 Å². The Morgan fingerprint density at radius 3 is 2.74 bits per heavy atom. The number of nitrogens with one attached hydrogen (secondary N) is 1. The highest BCUT2D eigenvalue weighted by atomic mass is 15.1. The first-order valence-corrected chi connectivity index (χ1v) is 7.31. The van der Waals surface area contributed by atoms with Crippen molar-refractivity contribution >= 4 is 0 Å². The second-order valence-electron chi connectivity index (χ2n) is 5.20. The lowest BCUT2D eigenvalue weighted by Crippen LogP contribution is -2.32. The predicted octanol–water partition coefficient (Wildman–Crippen LogP) is 2.52. The highest BCUT2D eigenvalue weighted by Crippen LogP contribution is 2.09. The molecule has 19 heavy (non-hydrogen) atoms. The average Bonchev–Trinajstić information content (AvgIpc) is 2.48. The monoisotopic (exact) mass is 257 g/mol. The van der Waals surface area contributed by atoms with Gasteiger partial charge >= 0.3 is 0 Å². The molecule has 3 nitrogen and oxygen atoms in total. The lowest BCUT2D eigenvalue weighted by Gasteiger charge is -2.26. The van der Waals surface area contributed by atoms with Crippen LogP contribution in [0.4, 0.5) is 0 Å². The van der Waals surface area contributed by atoms with E-state index < -0.39 is 0 Å². The fourth-order valence-corrected chi connectivity index (χ4v) is 2.62. The van der Waals surface area contributed by atoms with E-state index in [1.807, 2.05) is 24.3 Å². The molecular formula is C16H23N3. The maximum atomic E-state index is 9.01. The molecule has 0 atom stereocenters. The van der Waals surface area contributed by atoms with Gasteiger partial charge in [0.1, 0.15) is 0 Å². The Balaban J connectivity index is 1.62. The first-order chi connectivity index (χ1) is 9.40. The maximum Gasteiger partial charge on any atom is 0.0995 e. The Bertz CT molecular complexity index is 416. The fraction of sp³-hybridized carbons (Fsp3) is 0.562. The third-order valence-corrected chi connectivity index (χ3v) is 3.73. The molecule has 1 aromatic rings. The van der Waals surface area contributed by atoms with Crippen molar-refractivity contribution in [1.29, 1.82) is 5.26 Å². The number of benzene rings is 1. The minimum absolute atomic E-state index is 0.783. The van der Waals surface area contributed by atoms with Gasteiger partial charge in [-0.25, -0.2) is 0 Å². The van der Waals surface area contributed by atoms with Crippen LogP contribution in [0.1, 0.15) is 36.8 Å². The van der Waals surface area contributed by atoms with E-state index in [9.17, 15) is 0 Å². The van der Waals surface area contributed by atoms with Crippen LogP contribution < -0.4 is 5.32 Å². The number of rotatable bonds is 6. The Labute approximate surface area is 116 Å². The minimum Gasteiger partial charge on any atom is -0.313 e. The molecule has 102 valence electrons. The second-order valence-corrected chi connectivity index (χ2v) is 5.20. The van der Waals surface area contributed by atoms with Gasteiger partial charge in [0, 0.05) is 6.54 Å². The van der Waals surface area contributed by atoms with Crippen LogP contribution in [0.15, 0.2) is 24.3 Å². The molecule has 0 spiro atoms. The van der Waals surface area contributed by atoms with Gasteiger partial charge in [-0.2, -0.15) is 5.26 Å². The van der Waals surface area contributed by atoms with E-state index >= 15 is 0 Å². The van der Waals surface area contributed by atoms with Crippen LogP contribution in [0.25, 0.3) is 0 Å². The SMILES string of the molecule is N#Cc1ccccc1CNCCCN1CCCCC1. The van der Waals surface area contributed by atoms with Crippen molar-refractivity contribution in [2.75, 3.05) is 26.2 Å². The number of nitriles is 1. The minimum atomic E-state index is 0.783. The molecule has 0 bridgehead atoms. The lowest BCUT2D eigenvalue weighted by molar-refractivity contribution is 0.225. The Kier molecular flexibility index (Phi) is 5.87. The zero-order valence-electron chi connectivity index (χ0n) is 11.6. The molecule has 1 saturated heterocycles. The molecule has 1 aliphatic heterocycles. The van der Waals surface area contributed by atoms with Gasteiger partial charge in [0.2, 0.25) is 0 Å². The number of piperidine rings is 1. The van der Waals surface area contributed by atoms with Gasteiger partial charge in [0.05, 0.1) is 11.6 Å². The highest BCUT2D eigenvalue weighted by Gasteiger charge is 2.08. The highest BCUT2D eigenvalue weighted by molar-refractivity contribution is 5.37. The van der Waals surface area contributed by atoms with E-state index in [-0.39, 0.29) is 0 Å². The zero-order valence-corrected chi connectivity index (χ0v) is 11.6. The van der Waals surface area contributed by atoms with Crippen LogP contribution >= 0.6 is 0 Å². The topological polar surface area (TPSA) is 39.1 Å². The van der Waals surface area contributed by atoms with Crippen molar-refractivity contribution in [3.63, 3.8) is 0 Å². The molecule has 0 saturated carbocycles.